The van der Waals surface area contributed by atoms with Crippen molar-refractivity contribution >= 4 is 6.08 Å². The molecule has 2 N–H and O–H groups in total. The number of aliphatic hydroxyl groups excluding tert-OH is 1. The topological polar surface area (TPSA) is 43.1 Å². The third-order valence-electron chi connectivity index (χ3n) is 5.53. The molecule has 0 aromatic heterocycles. The van der Waals surface area contributed by atoms with Gasteiger partial charge in [0.25, 0.3) is 0 Å². The molecule has 0 amide bonds. The Bertz CT molecular complexity index is 694. The van der Waals surface area contributed by atoms with Gasteiger partial charge in [-0.3, -0.25) is 0 Å². The molecular formula is C19H24NO3+. The fraction of sp³-hybridized carbons (Fsp3) is 0.474. The third kappa shape index (κ3) is 1.91. The highest BCUT2D eigenvalue weighted by atomic mass is 16.5. The van der Waals surface area contributed by atoms with Gasteiger partial charge in [0.15, 0.2) is 11.5 Å². The second-order valence-electron chi connectivity index (χ2n) is 7.11. The largest absolute Gasteiger partial charge is 0.493 e. The van der Waals surface area contributed by atoms with Crippen molar-refractivity contribution in [3.63, 3.8) is 0 Å². The van der Waals surface area contributed by atoms with Crippen LogP contribution >= 0.6 is 0 Å². The summed E-state index contributed by atoms with van der Waals surface area (Å²) >= 11 is 0. The zero-order valence-corrected chi connectivity index (χ0v) is 13.9. The molecule has 1 aromatic carbocycles. The first kappa shape index (κ1) is 14.8. The minimum Gasteiger partial charge on any atom is -0.493 e. The third-order valence-corrected chi connectivity index (χ3v) is 5.53. The molecule has 0 bridgehead atoms. The Hall–Kier alpha value is -1.78. The highest BCUT2D eigenvalue weighted by molar-refractivity contribution is 5.71. The molecule has 1 aliphatic heterocycles. The predicted molar refractivity (Wildman–Crippen MR) is 89.1 cm³/mol. The van der Waals surface area contributed by atoms with E-state index in [9.17, 15) is 5.11 Å². The smallest absolute Gasteiger partial charge is 0.166 e. The average Bonchev–Trinajstić information content (AvgIpc) is 2.90. The lowest BCUT2D eigenvalue weighted by atomic mass is 9.59. The molecular weight excluding hydrogens is 290 g/mol. The summed E-state index contributed by atoms with van der Waals surface area (Å²) in [5.74, 6) is 1.84. The van der Waals surface area contributed by atoms with Crippen molar-refractivity contribution in [1.82, 2.24) is 0 Å². The van der Waals surface area contributed by atoms with E-state index in [4.69, 9.17) is 9.47 Å². The predicted octanol–water partition coefficient (Wildman–Crippen LogP) is 0.802. The summed E-state index contributed by atoms with van der Waals surface area (Å²) in [5, 5.41) is 10.6. The molecule has 4 atom stereocenters. The number of nitrogens with one attached hydrogen (secondary N) is 1. The molecule has 4 rings (SSSR count). The van der Waals surface area contributed by atoms with E-state index in [1.165, 1.54) is 16.0 Å². The Morgan fingerprint density at radius 1 is 1.26 bits per heavy atom. The van der Waals surface area contributed by atoms with Gasteiger partial charge in [0.1, 0.15) is 12.2 Å². The first-order valence-electron chi connectivity index (χ1n) is 8.29. The van der Waals surface area contributed by atoms with Gasteiger partial charge in [0, 0.05) is 17.9 Å². The summed E-state index contributed by atoms with van der Waals surface area (Å²) < 4.78 is 11.8. The van der Waals surface area contributed by atoms with Crippen LogP contribution in [0.4, 0.5) is 0 Å². The van der Waals surface area contributed by atoms with E-state index in [0.717, 1.165) is 24.5 Å². The number of allylic oxidation sites excluding steroid dienone is 2. The summed E-state index contributed by atoms with van der Waals surface area (Å²) in [6, 6.07) is 4.06. The van der Waals surface area contributed by atoms with Gasteiger partial charge in [0.05, 0.1) is 33.2 Å². The standard InChI is InChI=1S/C19H23NO3/c1-20(2)11-10-19-13-6-4-12-5-9-15(22-3)17(16(12)19)23-18(19)14(21)8-7-13/h4-9,13-14,18,21H,10-11H2,1-3H3/p+1/t13-,14+,18+,19+/m0/s1. The number of hydrogen-bond acceptors (Lipinski definition) is 3. The molecule has 0 fully saturated rings. The minimum atomic E-state index is -0.583. The maximum atomic E-state index is 10.6. The van der Waals surface area contributed by atoms with Gasteiger partial charge in [-0.25, -0.2) is 0 Å². The van der Waals surface area contributed by atoms with Crippen LogP contribution in [0.1, 0.15) is 17.5 Å². The van der Waals surface area contributed by atoms with Crippen molar-refractivity contribution in [2.24, 2.45) is 5.92 Å². The second kappa shape index (κ2) is 5.11. The van der Waals surface area contributed by atoms with Gasteiger partial charge in [-0.2, -0.15) is 0 Å². The number of benzene rings is 1. The summed E-state index contributed by atoms with van der Waals surface area (Å²) in [5.41, 5.74) is 2.22. The Kier molecular flexibility index (Phi) is 3.29. The van der Waals surface area contributed by atoms with E-state index in [1.54, 1.807) is 7.11 Å². The van der Waals surface area contributed by atoms with Crippen molar-refractivity contribution in [2.45, 2.75) is 24.0 Å². The number of rotatable bonds is 4. The van der Waals surface area contributed by atoms with Crippen LogP contribution < -0.4 is 14.4 Å². The van der Waals surface area contributed by atoms with E-state index in [-0.39, 0.29) is 17.4 Å². The highest BCUT2D eigenvalue weighted by Crippen LogP contribution is 2.59. The van der Waals surface area contributed by atoms with Gasteiger partial charge < -0.3 is 19.5 Å². The summed E-state index contributed by atoms with van der Waals surface area (Å²) in [4.78, 5) is 1.41. The molecule has 3 aliphatic rings. The molecule has 0 radical (unpaired) electrons. The Labute approximate surface area is 137 Å². The lowest BCUT2D eigenvalue weighted by Gasteiger charge is -2.44. The van der Waals surface area contributed by atoms with Crippen molar-refractivity contribution < 1.29 is 19.5 Å². The maximum Gasteiger partial charge on any atom is 0.166 e. The van der Waals surface area contributed by atoms with Crippen molar-refractivity contribution in [2.75, 3.05) is 27.7 Å². The van der Waals surface area contributed by atoms with E-state index in [2.05, 4.69) is 38.4 Å². The second-order valence-corrected chi connectivity index (χ2v) is 7.11. The number of ether oxygens (including phenoxy) is 2. The SMILES string of the molecule is COc1ccc2c3c1O[C@@H]1[C@H](O)C=C[C@H](C=C2)[C@]31CC[NH+](C)C. The van der Waals surface area contributed by atoms with Crippen LogP contribution in [-0.2, 0) is 5.41 Å². The van der Waals surface area contributed by atoms with Crippen molar-refractivity contribution in [1.29, 1.82) is 0 Å². The number of aliphatic hydroxyl groups is 1. The molecule has 1 aromatic rings. The Balaban J connectivity index is 1.93. The van der Waals surface area contributed by atoms with Crippen LogP contribution in [0.15, 0.2) is 30.4 Å². The zero-order chi connectivity index (χ0) is 16.2. The van der Waals surface area contributed by atoms with Crippen LogP contribution in [0.25, 0.3) is 6.08 Å². The van der Waals surface area contributed by atoms with Gasteiger partial charge in [0.2, 0.25) is 0 Å². The summed E-state index contributed by atoms with van der Waals surface area (Å²) in [6.07, 6.45) is 8.61. The average molecular weight is 314 g/mol. The lowest BCUT2D eigenvalue weighted by Crippen LogP contribution is -3.06. The van der Waals surface area contributed by atoms with Gasteiger partial charge in [-0.1, -0.05) is 30.4 Å². The molecule has 4 heteroatoms. The number of hydrogen-bond donors (Lipinski definition) is 2. The summed E-state index contributed by atoms with van der Waals surface area (Å²) in [7, 11) is 6.01. The number of methoxy groups -OCH3 is 1. The zero-order valence-electron chi connectivity index (χ0n) is 13.9. The Morgan fingerprint density at radius 2 is 2.09 bits per heavy atom. The maximum absolute atomic E-state index is 10.6. The van der Waals surface area contributed by atoms with Gasteiger partial charge in [-0.05, 0) is 11.6 Å². The molecule has 4 nitrogen and oxygen atoms in total. The van der Waals surface area contributed by atoms with Crippen molar-refractivity contribution in [3.05, 3.63) is 41.5 Å². The number of quaternary nitrogens is 1. The normalized spacial score (nSPS) is 32.8. The quantitative estimate of drug-likeness (QED) is 0.808. The van der Waals surface area contributed by atoms with Crippen LogP contribution in [0.2, 0.25) is 0 Å². The molecule has 0 saturated heterocycles. The molecule has 2 aliphatic carbocycles. The highest BCUT2D eigenvalue weighted by Gasteiger charge is 2.59. The Morgan fingerprint density at radius 3 is 2.83 bits per heavy atom. The van der Waals surface area contributed by atoms with Crippen LogP contribution in [-0.4, -0.2) is 45.1 Å². The van der Waals surface area contributed by atoms with Gasteiger partial charge >= 0.3 is 0 Å². The molecule has 0 saturated carbocycles. The van der Waals surface area contributed by atoms with E-state index < -0.39 is 6.10 Å². The van der Waals surface area contributed by atoms with Crippen molar-refractivity contribution in [3.8, 4) is 11.5 Å². The molecule has 1 heterocycles. The van der Waals surface area contributed by atoms with Crippen LogP contribution in [0.5, 0.6) is 11.5 Å². The molecule has 122 valence electrons. The van der Waals surface area contributed by atoms with Crippen LogP contribution in [0.3, 0.4) is 0 Å². The van der Waals surface area contributed by atoms with E-state index >= 15 is 0 Å². The van der Waals surface area contributed by atoms with E-state index in [0.29, 0.717) is 0 Å². The first-order chi connectivity index (χ1) is 11.1. The first-order valence-corrected chi connectivity index (χ1v) is 8.29. The summed E-state index contributed by atoms with van der Waals surface area (Å²) in [6.45, 7) is 1.03. The van der Waals surface area contributed by atoms with E-state index in [1.807, 2.05) is 12.1 Å². The lowest BCUT2D eigenvalue weighted by molar-refractivity contribution is -0.859. The monoisotopic (exact) mass is 314 g/mol. The fourth-order valence-corrected chi connectivity index (χ4v) is 4.42. The molecule has 0 spiro atoms. The van der Waals surface area contributed by atoms with Crippen LogP contribution in [0, 0.1) is 5.92 Å². The molecule has 0 unspecified atom stereocenters. The molecule has 23 heavy (non-hydrogen) atoms. The minimum absolute atomic E-state index is 0.195. The fourth-order valence-electron chi connectivity index (χ4n) is 4.42. The van der Waals surface area contributed by atoms with Gasteiger partial charge in [-0.15, -0.1) is 0 Å².